The van der Waals surface area contributed by atoms with Gasteiger partial charge in [0.25, 0.3) is 5.92 Å². The van der Waals surface area contributed by atoms with Crippen LogP contribution in [0.1, 0.15) is 30.5 Å². The summed E-state index contributed by atoms with van der Waals surface area (Å²) >= 11 is 0. The normalized spacial score (nSPS) is 19.8. The molecule has 1 saturated heterocycles. The van der Waals surface area contributed by atoms with Crippen molar-refractivity contribution in [3.8, 4) is 6.07 Å². The van der Waals surface area contributed by atoms with Gasteiger partial charge in [0.2, 0.25) is 5.91 Å². The third-order valence-electron chi connectivity index (χ3n) is 5.77. The number of carbonyl (C=O) groups excluding carboxylic acids is 3. The lowest BCUT2D eigenvalue weighted by atomic mass is 9.71. The van der Waals surface area contributed by atoms with Gasteiger partial charge < -0.3 is 15.5 Å². The van der Waals surface area contributed by atoms with Gasteiger partial charge in [-0.1, -0.05) is 0 Å². The van der Waals surface area contributed by atoms with Crippen LogP contribution in [0.2, 0.25) is 0 Å². The van der Waals surface area contributed by atoms with E-state index in [4.69, 9.17) is 5.26 Å². The highest BCUT2D eigenvalue weighted by molar-refractivity contribution is 6.35. The summed E-state index contributed by atoms with van der Waals surface area (Å²) in [6, 6.07) is 5.22. The molecule has 1 unspecified atom stereocenters. The Hall–Kier alpha value is -3.66. The molecular formula is C20H19ClF3N7O3. The predicted molar refractivity (Wildman–Crippen MR) is 112 cm³/mol. The van der Waals surface area contributed by atoms with Crippen LogP contribution in [-0.2, 0) is 19.9 Å². The van der Waals surface area contributed by atoms with E-state index in [1.807, 2.05) is 0 Å². The third-order valence-corrected chi connectivity index (χ3v) is 5.77. The molecule has 2 heterocycles. The number of H-pyrrole nitrogens is 1. The van der Waals surface area contributed by atoms with Crippen LogP contribution in [0.4, 0.5) is 18.9 Å². The molecule has 2 fully saturated rings. The quantitative estimate of drug-likeness (QED) is 0.546. The second kappa shape index (κ2) is 9.30. The van der Waals surface area contributed by atoms with E-state index in [1.54, 1.807) is 6.07 Å². The average molecular weight is 498 g/mol. The Morgan fingerprint density at radius 2 is 2.00 bits per heavy atom. The highest BCUT2D eigenvalue weighted by atomic mass is 35.5. The Balaban J connectivity index is 0.00000324. The maximum absolute atomic E-state index is 13.6. The summed E-state index contributed by atoms with van der Waals surface area (Å²) in [5, 5.41) is 23.5. The van der Waals surface area contributed by atoms with Gasteiger partial charge in [0.1, 0.15) is 17.6 Å². The molecule has 4 rings (SSSR count). The van der Waals surface area contributed by atoms with E-state index in [2.05, 4.69) is 26.0 Å². The zero-order chi connectivity index (χ0) is 23.8. The lowest BCUT2D eigenvalue weighted by Crippen LogP contribution is -2.62. The number of nitrogens with zero attached hydrogens (tertiary/aromatic N) is 4. The van der Waals surface area contributed by atoms with E-state index in [9.17, 15) is 27.6 Å². The molecule has 14 heteroatoms. The number of anilines is 1. The molecule has 1 atom stereocenters. The number of halogens is 4. The Labute approximate surface area is 197 Å². The fraction of sp³-hybridized carbons (Fsp3) is 0.400. The lowest BCUT2D eigenvalue weighted by Gasteiger charge is -2.46. The first-order chi connectivity index (χ1) is 15.6. The molecule has 1 aromatic carbocycles. The Bertz CT molecular complexity index is 1140. The van der Waals surface area contributed by atoms with Gasteiger partial charge in [0.05, 0.1) is 23.2 Å². The summed E-state index contributed by atoms with van der Waals surface area (Å²) < 4.78 is 40.6. The minimum Gasteiger partial charge on any atom is -0.336 e. The minimum absolute atomic E-state index is 0. The van der Waals surface area contributed by atoms with Gasteiger partial charge in [-0.2, -0.15) is 20.7 Å². The van der Waals surface area contributed by atoms with Crippen LogP contribution >= 0.6 is 12.4 Å². The first-order valence-corrected chi connectivity index (χ1v) is 9.98. The van der Waals surface area contributed by atoms with Gasteiger partial charge in [0.15, 0.2) is 0 Å². The number of aromatic amines is 1. The molecule has 1 aliphatic heterocycles. The molecule has 2 aromatic rings. The second-order valence-corrected chi connectivity index (χ2v) is 8.13. The highest BCUT2D eigenvalue weighted by Gasteiger charge is 2.60. The molecule has 10 nitrogen and oxygen atoms in total. The number of hydrogen-bond donors (Lipinski definition) is 3. The number of alkyl halides is 2. The van der Waals surface area contributed by atoms with Gasteiger partial charge in [-0.25, -0.2) is 13.2 Å². The fourth-order valence-electron chi connectivity index (χ4n) is 4.10. The zero-order valence-electron chi connectivity index (χ0n) is 17.5. The molecule has 1 aromatic heterocycles. The Morgan fingerprint density at radius 3 is 2.62 bits per heavy atom. The van der Waals surface area contributed by atoms with Crippen molar-refractivity contribution in [2.75, 3.05) is 18.4 Å². The van der Waals surface area contributed by atoms with Crippen LogP contribution < -0.4 is 10.6 Å². The van der Waals surface area contributed by atoms with Crippen molar-refractivity contribution >= 4 is 35.8 Å². The summed E-state index contributed by atoms with van der Waals surface area (Å²) in [6.45, 7) is 0.0574. The molecule has 1 saturated carbocycles. The number of aromatic nitrogens is 3. The molecule has 0 spiro atoms. The monoisotopic (exact) mass is 497 g/mol. The van der Waals surface area contributed by atoms with Crippen molar-refractivity contribution in [1.29, 1.82) is 5.26 Å². The summed E-state index contributed by atoms with van der Waals surface area (Å²) in [7, 11) is 0. The maximum Gasteiger partial charge on any atom is 0.311 e. The number of likely N-dealkylation sites (tertiary alicyclic amines) is 1. The SMILES string of the molecule is Cl.N#Cc1cc(NC(=O)C2CCN(C(=O)C(=O)NC3(c4cn[nH]n4)CC(F)(F)C3)C2)ccc1F. The number of rotatable bonds is 4. The van der Waals surface area contributed by atoms with Crippen molar-refractivity contribution in [1.82, 2.24) is 25.6 Å². The number of benzene rings is 1. The number of nitrogens with one attached hydrogen (secondary N) is 3. The Kier molecular flexibility index (Phi) is 6.83. The van der Waals surface area contributed by atoms with E-state index in [1.165, 1.54) is 18.3 Å². The van der Waals surface area contributed by atoms with Gasteiger partial charge in [-0.3, -0.25) is 14.4 Å². The average Bonchev–Trinajstić information content (AvgIpc) is 3.45. The van der Waals surface area contributed by atoms with Crippen LogP contribution in [0, 0.1) is 23.1 Å². The molecule has 3 amide bonds. The van der Waals surface area contributed by atoms with Crippen molar-refractivity contribution < 1.29 is 27.6 Å². The predicted octanol–water partition coefficient (Wildman–Crippen LogP) is 1.47. The standard InChI is InChI=1S/C20H18F3N7O3.ClH/c21-14-2-1-13(5-12(14)6-24)26-16(31)11-3-4-30(8-11)18(33)17(32)27-19(9-20(22,23)10-19)15-7-25-29-28-15;/h1-2,5,7,11H,3-4,8-10H2,(H,26,31)(H,27,32)(H,25,28,29);1H. The van der Waals surface area contributed by atoms with E-state index in [0.717, 1.165) is 11.0 Å². The van der Waals surface area contributed by atoms with Crippen molar-refractivity contribution in [2.45, 2.75) is 30.7 Å². The van der Waals surface area contributed by atoms with Crippen LogP contribution in [0.5, 0.6) is 0 Å². The molecule has 0 bridgehead atoms. The molecule has 34 heavy (non-hydrogen) atoms. The minimum atomic E-state index is -3.00. The number of hydrogen-bond acceptors (Lipinski definition) is 6. The second-order valence-electron chi connectivity index (χ2n) is 8.13. The van der Waals surface area contributed by atoms with Gasteiger partial charge in [0, 0.05) is 31.6 Å². The Morgan fingerprint density at radius 1 is 1.26 bits per heavy atom. The number of carbonyl (C=O) groups is 3. The van der Waals surface area contributed by atoms with Crippen molar-refractivity contribution in [3.63, 3.8) is 0 Å². The van der Waals surface area contributed by atoms with Crippen molar-refractivity contribution in [3.05, 3.63) is 41.5 Å². The summed E-state index contributed by atoms with van der Waals surface area (Å²) in [4.78, 5) is 38.8. The topological polar surface area (TPSA) is 144 Å². The summed E-state index contributed by atoms with van der Waals surface area (Å²) in [5.41, 5.74) is -1.40. The van der Waals surface area contributed by atoms with E-state index >= 15 is 0 Å². The molecule has 180 valence electrons. The summed E-state index contributed by atoms with van der Waals surface area (Å²) in [5.74, 6) is -6.85. The molecule has 1 aliphatic carbocycles. The fourth-order valence-corrected chi connectivity index (χ4v) is 4.10. The first kappa shape index (κ1) is 25.0. The molecule has 2 aliphatic rings. The van der Waals surface area contributed by atoms with Gasteiger partial charge in [-0.05, 0) is 24.6 Å². The third kappa shape index (κ3) is 4.81. The first-order valence-electron chi connectivity index (χ1n) is 9.98. The van der Waals surface area contributed by atoms with E-state index in [0.29, 0.717) is 0 Å². The number of amides is 3. The molecule has 3 N–H and O–H groups in total. The van der Waals surface area contributed by atoms with Crippen LogP contribution in [-0.4, -0.2) is 57.0 Å². The van der Waals surface area contributed by atoms with E-state index < -0.39 is 53.8 Å². The van der Waals surface area contributed by atoms with E-state index in [-0.39, 0.29) is 48.9 Å². The van der Waals surface area contributed by atoms with Crippen LogP contribution in [0.3, 0.4) is 0 Å². The van der Waals surface area contributed by atoms with Crippen LogP contribution in [0.25, 0.3) is 0 Å². The largest absolute Gasteiger partial charge is 0.336 e. The van der Waals surface area contributed by atoms with Crippen molar-refractivity contribution in [2.24, 2.45) is 5.92 Å². The van der Waals surface area contributed by atoms with Crippen LogP contribution in [0.15, 0.2) is 24.4 Å². The zero-order valence-corrected chi connectivity index (χ0v) is 18.3. The van der Waals surface area contributed by atoms with Gasteiger partial charge in [-0.15, -0.1) is 12.4 Å². The lowest BCUT2D eigenvalue weighted by molar-refractivity contribution is -0.159. The summed E-state index contributed by atoms with van der Waals surface area (Å²) in [6.07, 6.45) is 0.0604. The smallest absolute Gasteiger partial charge is 0.311 e. The molecule has 0 radical (unpaired) electrons. The maximum atomic E-state index is 13.6. The highest BCUT2D eigenvalue weighted by Crippen LogP contribution is 2.50. The number of nitriles is 1. The molecular weight excluding hydrogens is 479 g/mol. The van der Waals surface area contributed by atoms with Gasteiger partial charge >= 0.3 is 11.8 Å².